The number of nitrogens with two attached hydrogens (primary N) is 1. The Labute approximate surface area is 75.3 Å². The van der Waals surface area contributed by atoms with Gasteiger partial charge >= 0.3 is 0 Å². The summed E-state index contributed by atoms with van der Waals surface area (Å²) in [6.45, 7) is 0. The van der Waals surface area contributed by atoms with E-state index in [4.69, 9.17) is 17.3 Å². The van der Waals surface area contributed by atoms with Crippen molar-refractivity contribution in [3.63, 3.8) is 0 Å². The Kier molecular flexibility index (Phi) is 1.72. The lowest BCUT2D eigenvalue weighted by molar-refractivity contribution is 0.630. The Balaban J connectivity index is 2.45. The van der Waals surface area contributed by atoms with Crippen molar-refractivity contribution in [3.8, 4) is 0 Å². The van der Waals surface area contributed by atoms with Crippen molar-refractivity contribution in [1.29, 1.82) is 0 Å². The van der Waals surface area contributed by atoms with Gasteiger partial charge in [0, 0.05) is 0 Å². The monoisotopic (exact) mass is 185 g/mol. The van der Waals surface area contributed by atoms with E-state index in [-0.39, 0.29) is 5.69 Å². The molecule has 1 fully saturated rings. The highest BCUT2D eigenvalue weighted by molar-refractivity contribution is 6.33. The summed E-state index contributed by atoms with van der Waals surface area (Å²) < 4.78 is 13.0. The number of halogens is 2. The number of hydrogen-bond acceptors (Lipinski definition) is 1. The van der Waals surface area contributed by atoms with Gasteiger partial charge in [-0.15, -0.1) is 0 Å². The maximum Gasteiger partial charge on any atom is 0.147 e. The molecule has 0 spiro atoms. The van der Waals surface area contributed by atoms with Gasteiger partial charge < -0.3 is 5.73 Å². The van der Waals surface area contributed by atoms with Crippen LogP contribution in [-0.2, 0) is 0 Å². The molecule has 0 amide bonds. The molecule has 0 aliphatic heterocycles. The molecule has 1 nitrogen and oxygen atoms in total. The van der Waals surface area contributed by atoms with Gasteiger partial charge in [-0.2, -0.15) is 0 Å². The Morgan fingerprint density at radius 3 is 2.58 bits per heavy atom. The van der Waals surface area contributed by atoms with E-state index >= 15 is 0 Å². The molecule has 0 saturated heterocycles. The van der Waals surface area contributed by atoms with Crippen LogP contribution >= 0.6 is 11.6 Å². The third-order valence-corrected chi connectivity index (χ3v) is 2.46. The lowest BCUT2D eigenvalue weighted by Gasteiger charge is -2.03. The second-order valence-electron chi connectivity index (χ2n) is 3.17. The second-order valence-corrected chi connectivity index (χ2v) is 3.58. The fraction of sp³-hybridized carbons (Fsp3) is 0.333. The number of hydrogen-bond donors (Lipinski definition) is 1. The summed E-state index contributed by atoms with van der Waals surface area (Å²) in [6.07, 6.45) is 2.28. The smallest absolute Gasteiger partial charge is 0.147 e. The summed E-state index contributed by atoms with van der Waals surface area (Å²) in [7, 11) is 0. The number of rotatable bonds is 1. The Bertz CT molecular complexity index is 297. The predicted octanol–water partition coefficient (Wildman–Crippen LogP) is 2.94. The van der Waals surface area contributed by atoms with E-state index in [1.54, 1.807) is 6.07 Å². The summed E-state index contributed by atoms with van der Waals surface area (Å²) in [5, 5.41) is 0.330. The maximum absolute atomic E-state index is 13.0. The Morgan fingerprint density at radius 1 is 1.42 bits per heavy atom. The number of benzene rings is 1. The SMILES string of the molecule is Nc1c(F)cc(C2CC2)cc1Cl. The van der Waals surface area contributed by atoms with Crippen molar-refractivity contribution in [2.75, 3.05) is 5.73 Å². The van der Waals surface area contributed by atoms with Gasteiger partial charge in [0.25, 0.3) is 0 Å². The zero-order valence-electron chi connectivity index (χ0n) is 6.48. The van der Waals surface area contributed by atoms with Gasteiger partial charge in [-0.3, -0.25) is 0 Å². The minimum atomic E-state index is -0.399. The molecule has 2 N–H and O–H groups in total. The van der Waals surface area contributed by atoms with E-state index in [2.05, 4.69) is 0 Å². The van der Waals surface area contributed by atoms with E-state index < -0.39 is 5.82 Å². The standard InChI is InChI=1S/C9H9ClFN/c10-7-3-6(5-1-2-5)4-8(11)9(7)12/h3-5H,1-2,12H2. The molecule has 1 aliphatic rings. The van der Waals surface area contributed by atoms with E-state index in [1.807, 2.05) is 0 Å². The van der Waals surface area contributed by atoms with Crippen molar-refractivity contribution >= 4 is 17.3 Å². The minimum absolute atomic E-state index is 0.0565. The summed E-state index contributed by atoms with van der Waals surface area (Å²) in [6, 6.07) is 3.25. The Morgan fingerprint density at radius 2 is 2.08 bits per heavy atom. The first-order valence-electron chi connectivity index (χ1n) is 3.93. The molecule has 0 aromatic heterocycles. The van der Waals surface area contributed by atoms with Gasteiger partial charge in [0.1, 0.15) is 5.82 Å². The molecule has 64 valence electrons. The molecule has 0 radical (unpaired) electrons. The van der Waals surface area contributed by atoms with Crippen LogP contribution in [0.15, 0.2) is 12.1 Å². The normalized spacial score (nSPS) is 16.5. The predicted molar refractivity (Wildman–Crippen MR) is 47.8 cm³/mol. The van der Waals surface area contributed by atoms with Crippen LogP contribution in [0.5, 0.6) is 0 Å². The zero-order valence-corrected chi connectivity index (χ0v) is 7.24. The minimum Gasteiger partial charge on any atom is -0.395 e. The maximum atomic E-state index is 13.0. The average Bonchev–Trinajstić information content (AvgIpc) is 2.81. The molecule has 12 heavy (non-hydrogen) atoms. The molecule has 1 saturated carbocycles. The van der Waals surface area contributed by atoms with Crippen LogP contribution in [0.2, 0.25) is 5.02 Å². The lowest BCUT2D eigenvalue weighted by atomic mass is 10.1. The van der Waals surface area contributed by atoms with Crippen molar-refractivity contribution in [2.24, 2.45) is 0 Å². The van der Waals surface area contributed by atoms with Gasteiger partial charge in [0.05, 0.1) is 10.7 Å². The lowest BCUT2D eigenvalue weighted by Crippen LogP contribution is -1.93. The molecule has 0 heterocycles. The zero-order chi connectivity index (χ0) is 8.72. The van der Waals surface area contributed by atoms with Crippen LogP contribution in [0.25, 0.3) is 0 Å². The first-order chi connectivity index (χ1) is 5.68. The van der Waals surface area contributed by atoms with Gasteiger partial charge in [-0.05, 0) is 36.5 Å². The van der Waals surface area contributed by atoms with Crippen molar-refractivity contribution in [2.45, 2.75) is 18.8 Å². The summed E-state index contributed by atoms with van der Waals surface area (Å²) in [5.74, 6) is 0.113. The summed E-state index contributed by atoms with van der Waals surface area (Å²) in [5.41, 5.74) is 6.40. The van der Waals surface area contributed by atoms with E-state index in [9.17, 15) is 4.39 Å². The largest absolute Gasteiger partial charge is 0.395 e. The molecule has 1 aromatic carbocycles. The molecular formula is C9H9ClFN. The van der Waals surface area contributed by atoms with Crippen molar-refractivity contribution in [3.05, 3.63) is 28.5 Å². The highest BCUT2D eigenvalue weighted by Gasteiger charge is 2.24. The molecule has 1 aliphatic carbocycles. The first kappa shape index (κ1) is 7.87. The van der Waals surface area contributed by atoms with E-state index in [1.165, 1.54) is 6.07 Å². The molecule has 1 aromatic rings. The van der Waals surface area contributed by atoms with Crippen LogP contribution in [-0.4, -0.2) is 0 Å². The third kappa shape index (κ3) is 1.27. The van der Waals surface area contributed by atoms with Crippen LogP contribution < -0.4 is 5.73 Å². The summed E-state index contributed by atoms with van der Waals surface area (Å²) in [4.78, 5) is 0. The summed E-state index contributed by atoms with van der Waals surface area (Å²) >= 11 is 5.73. The molecule has 0 atom stereocenters. The molecule has 0 bridgehead atoms. The van der Waals surface area contributed by atoms with E-state index in [0.717, 1.165) is 18.4 Å². The fourth-order valence-electron chi connectivity index (χ4n) is 1.26. The Hall–Kier alpha value is -0.760. The highest BCUT2D eigenvalue weighted by Crippen LogP contribution is 2.42. The molecular weight excluding hydrogens is 177 g/mol. The van der Waals surface area contributed by atoms with Crippen LogP contribution in [0.3, 0.4) is 0 Å². The molecule has 0 unspecified atom stereocenters. The topological polar surface area (TPSA) is 26.0 Å². The third-order valence-electron chi connectivity index (χ3n) is 2.15. The van der Waals surface area contributed by atoms with Crippen LogP contribution in [0.1, 0.15) is 24.3 Å². The van der Waals surface area contributed by atoms with E-state index in [0.29, 0.717) is 10.9 Å². The number of anilines is 1. The second kappa shape index (κ2) is 2.63. The van der Waals surface area contributed by atoms with Crippen molar-refractivity contribution in [1.82, 2.24) is 0 Å². The van der Waals surface area contributed by atoms with Gasteiger partial charge in [0.15, 0.2) is 0 Å². The van der Waals surface area contributed by atoms with Gasteiger partial charge in [-0.25, -0.2) is 4.39 Å². The van der Waals surface area contributed by atoms with Crippen LogP contribution in [0, 0.1) is 5.82 Å². The average molecular weight is 186 g/mol. The van der Waals surface area contributed by atoms with Crippen molar-refractivity contribution < 1.29 is 4.39 Å². The molecule has 2 rings (SSSR count). The fourth-order valence-corrected chi connectivity index (χ4v) is 1.47. The van der Waals surface area contributed by atoms with Crippen LogP contribution in [0.4, 0.5) is 10.1 Å². The molecule has 3 heteroatoms. The highest BCUT2D eigenvalue weighted by atomic mass is 35.5. The van der Waals surface area contributed by atoms with Gasteiger partial charge in [0.2, 0.25) is 0 Å². The van der Waals surface area contributed by atoms with Gasteiger partial charge in [-0.1, -0.05) is 11.6 Å². The quantitative estimate of drug-likeness (QED) is 0.669. The number of nitrogen functional groups attached to an aromatic ring is 1. The first-order valence-corrected chi connectivity index (χ1v) is 4.30.